The highest BCUT2D eigenvalue weighted by atomic mass is 35.5. The Labute approximate surface area is 80.4 Å². The van der Waals surface area contributed by atoms with Gasteiger partial charge < -0.3 is 4.74 Å². The Morgan fingerprint density at radius 1 is 1.50 bits per heavy atom. The minimum atomic E-state index is 0.348. The number of unbranched alkanes of at least 4 members (excludes halogenated alkanes) is 1. The van der Waals surface area contributed by atoms with Gasteiger partial charge in [-0.2, -0.15) is 0 Å². The van der Waals surface area contributed by atoms with Gasteiger partial charge in [-0.15, -0.1) is 11.6 Å². The molecule has 1 fully saturated rings. The van der Waals surface area contributed by atoms with E-state index in [1.807, 2.05) is 0 Å². The molecular weight excluding hydrogens is 172 g/mol. The minimum absolute atomic E-state index is 0.348. The van der Waals surface area contributed by atoms with Crippen molar-refractivity contribution < 1.29 is 4.74 Å². The molecule has 1 heterocycles. The number of hydrogen-bond acceptors (Lipinski definition) is 1. The first-order valence-corrected chi connectivity index (χ1v) is 5.45. The molecule has 1 aliphatic heterocycles. The maximum atomic E-state index is 6.23. The van der Waals surface area contributed by atoms with E-state index in [9.17, 15) is 0 Å². The van der Waals surface area contributed by atoms with Gasteiger partial charge in [-0.3, -0.25) is 0 Å². The van der Waals surface area contributed by atoms with Crippen LogP contribution in [0.2, 0.25) is 0 Å². The van der Waals surface area contributed by atoms with Crippen molar-refractivity contribution in [3.05, 3.63) is 0 Å². The summed E-state index contributed by atoms with van der Waals surface area (Å²) in [5.41, 5.74) is 0. The number of hydrogen-bond donors (Lipinski definition) is 0. The predicted molar refractivity (Wildman–Crippen MR) is 52.7 cm³/mol. The fraction of sp³-hybridized carbons (Fsp3) is 1.00. The summed E-state index contributed by atoms with van der Waals surface area (Å²) in [5.74, 6) is 0.584. The normalized spacial score (nSPS) is 36.8. The van der Waals surface area contributed by atoms with Crippen molar-refractivity contribution in [1.82, 2.24) is 0 Å². The third kappa shape index (κ3) is 2.63. The maximum Gasteiger partial charge on any atom is 0.0589 e. The lowest BCUT2D eigenvalue weighted by Crippen LogP contribution is -2.35. The second kappa shape index (κ2) is 5.08. The molecule has 0 aromatic carbocycles. The van der Waals surface area contributed by atoms with Gasteiger partial charge in [0.25, 0.3) is 0 Å². The fourth-order valence-corrected chi connectivity index (χ4v) is 2.27. The molecule has 1 aliphatic rings. The molecule has 0 aromatic heterocycles. The van der Waals surface area contributed by atoms with E-state index in [0.29, 0.717) is 17.4 Å². The van der Waals surface area contributed by atoms with Crippen LogP contribution >= 0.6 is 11.6 Å². The van der Waals surface area contributed by atoms with E-state index in [-0.39, 0.29) is 0 Å². The van der Waals surface area contributed by atoms with Crippen molar-refractivity contribution in [2.24, 2.45) is 5.92 Å². The van der Waals surface area contributed by atoms with E-state index in [4.69, 9.17) is 16.3 Å². The van der Waals surface area contributed by atoms with Crippen LogP contribution in [0.25, 0.3) is 0 Å². The number of ether oxygens (including phenoxy) is 1. The van der Waals surface area contributed by atoms with Crippen molar-refractivity contribution >= 4 is 11.6 Å². The smallest absolute Gasteiger partial charge is 0.0589 e. The van der Waals surface area contributed by atoms with Gasteiger partial charge in [0.05, 0.1) is 6.10 Å². The Morgan fingerprint density at radius 3 is 2.83 bits per heavy atom. The van der Waals surface area contributed by atoms with Crippen LogP contribution < -0.4 is 0 Å². The van der Waals surface area contributed by atoms with E-state index < -0.39 is 0 Å². The van der Waals surface area contributed by atoms with Gasteiger partial charge in [0.1, 0.15) is 0 Å². The molecule has 0 spiro atoms. The second-order valence-electron chi connectivity index (χ2n) is 3.69. The number of rotatable bonds is 3. The molecule has 2 heteroatoms. The standard InChI is InChI=1S/C10H19ClO/c1-3-4-5-9-8(2)12-7-6-10(9)11/h8-10H,3-7H2,1-2H3. The molecule has 72 valence electrons. The van der Waals surface area contributed by atoms with E-state index in [2.05, 4.69) is 13.8 Å². The van der Waals surface area contributed by atoms with Crippen LogP contribution in [0.3, 0.4) is 0 Å². The van der Waals surface area contributed by atoms with E-state index in [1.54, 1.807) is 0 Å². The van der Waals surface area contributed by atoms with E-state index in [1.165, 1.54) is 19.3 Å². The topological polar surface area (TPSA) is 9.23 Å². The molecule has 0 radical (unpaired) electrons. The van der Waals surface area contributed by atoms with Gasteiger partial charge in [0, 0.05) is 17.9 Å². The number of alkyl halides is 1. The van der Waals surface area contributed by atoms with Crippen LogP contribution in [0.1, 0.15) is 39.5 Å². The van der Waals surface area contributed by atoms with Crippen molar-refractivity contribution in [3.63, 3.8) is 0 Å². The summed E-state index contributed by atoms with van der Waals surface area (Å²) >= 11 is 6.23. The molecule has 1 saturated heterocycles. The van der Waals surface area contributed by atoms with Gasteiger partial charge in [0.15, 0.2) is 0 Å². The van der Waals surface area contributed by atoms with Gasteiger partial charge in [-0.05, 0) is 19.8 Å². The highest BCUT2D eigenvalue weighted by Crippen LogP contribution is 2.29. The van der Waals surface area contributed by atoms with Gasteiger partial charge in [-0.25, -0.2) is 0 Å². The first kappa shape index (κ1) is 10.3. The van der Waals surface area contributed by atoms with Gasteiger partial charge in [0.2, 0.25) is 0 Å². The zero-order chi connectivity index (χ0) is 8.97. The average molecular weight is 191 g/mol. The summed E-state index contributed by atoms with van der Waals surface area (Å²) in [6, 6.07) is 0. The maximum absolute atomic E-state index is 6.23. The Balaban J connectivity index is 2.34. The van der Waals surface area contributed by atoms with E-state index >= 15 is 0 Å². The zero-order valence-corrected chi connectivity index (χ0v) is 8.81. The lowest BCUT2D eigenvalue weighted by Gasteiger charge is -2.33. The molecule has 0 saturated carbocycles. The van der Waals surface area contributed by atoms with Crippen LogP contribution in [-0.2, 0) is 4.74 Å². The van der Waals surface area contributed by atoms with E-state index in [0.717, 1.165) is 13.0 Å². The first-order valence-electron chi connectivity index (χ1n) is 5.01. The minimum Gasteiger partial charge on any atom is -0.378 e. The largest absolute Gasteiger partial charge is 0.378 e. The molecule has 12 heavy (non-hydrogen) atoms. The van der Waals surface area contributed by atoms with Crippen molar-refractivity contribution in [3.8, 4) is 0 Å². The number of halogens is 1. The zero-order valence-electron chi connectivity index (χ0n) is 8.05. The molecule has 0 aromatic rings. The summed E-state index contributed by atoms with van der Waals surface area (Å²) < 4.78 is 5.57. The third-order valence-electron chi connectivity index (χ3n) is 2.73. The molecule has 3 atom stereocenters. The van der Waals surface area contributed by atoms with Crippen molar-refractivity contribution in [2.75, 3.05) is 6.61 Å². The Kier molecular flexibility index (Phi) is 4.38. The summed E-state index contributed by atoms with van der Waals surface area (Å²) in [5, 5.41) is 0.348. The molecule has 0 amide bonds. The molecule has 0 bridgehead atoms. The Hall–Kier alpha value is 0.250. The highest BCUT2D eigenvalue weighted by Gasteiger charge is 2.29. The SMILES string of the molecule is CCCCC1C(Cl)CCOC1C. The van der Waals surface area contributed by atoms with Crippen molar-refractivity contribution in [2.45, 2.75) is 51.0 Å². The first-order chi connectivity index (χ1) is 5.75. The lowest BCUT2D eigenvalue weighted by molar-refractivity contribution is -0.0150. The molecule has 0 aliphatic carbocycles. The monoisotopic (exact) mass is 190 g/mol. The second-order valence-corrected chi connectivity index (χ2v) is 4.25. The van der Waals surface area contributed by atoms with Crippen LogP contribution in [0.15, 0.2) is 0 Å². The Bertz CT molecular complexity index is 117. The summed E-state index contributed by atoms with van der Waals surface area (Å²) in [6.45, 7) is 5.21. The summed E-state index contributed by atoms with van der Waals surface area (Å²) in [4.78, 5) is 0. The van der Waals surface area contributed by atoms with Crippen LogP contribution in [0.5, 0.6) is 0 Å². The van der Waals surface area contributed by atoms with Gasteiger partial charge >= 0.3 is 0 Å². The average Bonchev–Trinajstić information content (AvgIpc) is 2.04. The lowest BCUT2D eigenvalue weighted by atomic mass is 9.90. The third-order valence-corrected chi connectivity index (χ3v) is 3.27. The van der Waals surface area contributed by atoms with Gasteiger partial charge in [-0.1, -0.05) is 19.8 Å². The van der Waals surface area contributed by atoms with Crippen molar-refractivity contribution in [1.29, 1.82) is 0 Å². The summed E-state index contributed by atoms with van der Waals surface area (Å²) in [6.07, 6.45) is 5.16. The Morgan fingerprint density at radius 2 is 2.25 bits per heavy atom. The van der Waals surface area contributed by atoms with Crippen LogP contribution in [-0.4, -0.2) is 18.1 Å². The van der Waals surface area contributed by atoms with Crippen LogP contribution in [0.4, 0.5) is 0 Å². The molecular formula is C10H19ClO. The fourth-order valence-electron chi connectivity index (χ4n) is 1.85. The quantitative estimate of drug-likeness (QED) is 0.621. The molecule has 3 unspecified atom stereocenters. The predicted octanol–water partition coefficient (Wildman–Crippen LogP) is 3.21. The molecule has 1 rings (SSSR count). The summed E-state index contributed by atoms with van der Waals surface area (Å²) in [7, 11) is 0. The van der Waals surface area contributed by atoms with Crippen LogP contribution in [0, 0.1) is 5.92 Å². The highest BCUT2D eigenvalue weighted by molar-refractivity contribution is 6.20. The molecule has 0 N–H and O–H groups in total. The molecule has 1 nitrogen and oxygen atoms in total.